The number of hydrogen-bond donors (Lipinski definition) is 2. The highest BCUT2D eigenvalue weighted by atomic mass is 16.2. The Hall–Kier alpha value is -0.610. The van der Waals surface area contributed by atoms with Crippen molar-refractivity contribution < 1.29 is 4.79 Å². The molecule has 1 aliphatic heterocycles. The molecule has 0 spiro atoms. The summed E-state index contributed by atoms with van der Waals surface area (Å²) in [6, 6.07) is 0. The van der Waals surface area contributed by atoms with Gasteiger partial charge in [-0.15, -0.1) is 0 Å². The number of likely N-dealkylation sites (tertiary alicyclic amines) is 1. The lowest BCUT2D eigenvalue weighted by molar-refractivity contribution is -0.121. The van der Waals surface area contributed by atoms with Crippen molar-refractivity contribution in [3.63, 3.8) is 0 Å². The van der Waals surface area contributed by atoms with Gasteiger partial charge < -0.3 is 15.5 Å². The molecule has 2 N–H and O–H groups in total. The van der Waals surface area contributed by atoms with Crippen LogP contribution in [0.2, 0.25) is 0 Å². The second-order valence-electron chi connectivity index (χ2n) is 6.54. The van der Waals surface area contributed by atoms with E-state index in [4.69, 9.17) is 0 Å². The summed E-state index contributed by atoms with van der Waals surface area (Å²) in [6.45, 7) is 13.2. The monoisotopic (exact) mass is 255 g/mol. The summed E-state index contributed by atoms with van der Waals surface area (Å²) in [5, 5.41) is 6.20. The molecule has 1 fully saturated rings. The van der Waals surface area contributed by atoms with Gasteiger partial charge in [-0.3, -0.25) is 4.79 Å². The Morgan fingerprint density at radius 2 is 1.89 bits per heavy atom. The highest BCUT2D eigenvalue weighted by Gasteiger charge is 2.16. The van der Waals surface area contributed by atoms with Gasteiger partial charge in [-0.2, -0.15) is 0 Å². The Labute approximate surface area is 111 Å². The van der Waals surface area contributed by atoms with Crippen LogP contribution < -0.4 is 10.6 Å². The number of rotatable bonds is 6. The Morgan fingerprint density at radius 1 is 1.28 bits per heavy atom. The summed E-state index contributed by atoms with van der Waals surface area (Å²) < 4.78 is 0. The zero-order chi connectivity index (χ0) is 13.6. The molecule has 1 atom stereocenters. The number of hydrogen-bond acceptors (Lipinski definition) is 3. The van der Waals surface area contributed by atoms with Gasteiger partial charge in [-0.05, 0) is 59.2 Å². The van der Waals surface area contributed by atoms with E-state index in [0.717, 1.165) is 13.1 Å². The molecular formula is C14H29N3O. The number of nitrogens with zero attached hydrogens (tertiary/aromatic N) is 1. The third-order valence-corrected chi connectivity index (χ3v) is 3.06. The van der Waals surface area contributed by atoms with E-state index >= 15 is 0 Å². The fourth-order valence-electron chi connectivity index (χ4n) is 2.37. The highest BCUT2D eigenvalue weighted by Crippen LogP contribution is 2.09. The molecule has 0 bridgehead atoms. The normalized spacial score (nSPS) is 18.9. The summed E-state index contributed by atoms with van der Waals surface area (Å²) in [5.74, 6) is 0.682. The minimum atomic E-state index is -0.139. The van der Waals surface area contributed by atoms with Gasteiger partial charge in [0, 0.05) is 12.1 Å². The molecule has 0 aromatic heterocycles. The molecule has 0 aromatic carbocycles. The maximum Gasteiger partial charge on any atom is 0.234 e. The van der Waals surface area contributed by atoms with Crippen LogP contribution in [0.4, 0.5) is 0 Å². The fraction of sp³-hybridized carbons (Fsp3) is 0.929. The lowest BCUT2D eigenvalue weighted by atomic mass is 10.1. The van der Waals surface area contributed by atoms with Gasteiger partial charge in [-0.25, -0.2) is 0 Å². The van der Waals surface area contributed by atoms with Crippen molar-refractivity contribution in [3.8, 4) is 0 Å². The quantitative estimate of drug-likeness (QED) is 0.750. The van der Waals surface area contributed by atoms with Crippen LogP contribution >= 0.6 is 0 Å². The second kappa shape index (κ2) is 7.10. The van der Waals surface area contributed by atoms with Crippen LogP contribution in [0.25, 0.3) is 0 Å². The number of nitrogens with one attached hydrogen (secondary N) is 2. The van der Waals surface area contributed by atoms with Crippen molar-refractivity contribution in [2.75, 3.05) is 32.7 Å². The summed E-state index contributed by atoms with van der Waals surface area (Å²) in [5.41, 5.74) is -0.139. The largest absolute Gasteiger partial charge is 0.350 e. The van der Waals surface area contributed by atoms with E-state index in [1.165, 1.54) is 25.9 Å². The molecule has 1 rings (SSSR count). The summed E-state index contributed by atoms with van der Waals surface area (Å²) >= 11 is 0. The Balaban J connectivity index is 2.07. The minimum absolute atomic E-state index is 0.0795. The van der Waals surface area contributed by atoms with E-state index in [-0.39, 0.29) is 11.4 Å². The van der Waals surface area contributed by atoms with Gasteiger partial charge in [0.25, 0.3) is 0 Å². The van der Waals surface area contributed by atoms with Crippen LogP contribution in [-0.2, 0) is 4.79 Å². The maximum atomic E-state index is 11.6. The van der Waals surface area contributed by atoms with E-state index in [1.54, 1.807) is 0 Å². The molecule has 1 amide bonds. The van der Waals surface area contributed by atoms with Crippen LogP contribution in [0.3, 0.4) is 0 Å². The second-order valence-corrected chi connectivity index (χ2v) is 6.54. The fourth-order valence-corrected chi connectivity index (χ4v) is 2.37. The average Bonchev–Trinajstić information content (AvgIpc) is 2.67. The van der Waals surface area contributed by atoms with E-state index in [1.807, 2.05) is 20.8 Å². The lowest BCUT2D eigenvalue weighted by Crippen LogP contribution is -2.45. The zero-order valence-corrected chi connectivity index (χ0v) is 12.4. The number of carbonyl (C=O) groups excluding carboxylic acids is 1. The molecule has 1 unspecified atom stereocenters. The highest BCUT2D eigenvalue weighted by molar-refractivity contribution is 5.78. The van der Waals surface area contributed by atoms with Crippen molar-refractivity contribution >= 4 is 5.91 Å². The van der Waals surface area contributed by atoms with Crippen molar-refractivity contribution in [2.24, 2.45) is 5.92 Å². The first kappa shape index (κ1) is 15.4. The number of amides is 1. The smallest absolute Gasteiger partial charge is 0.234 e. The van der Waals surface area contributed by atoms with Gasteiger partial charge in [0.1, 0.15) is 0 Å². The summed E-state index contributed by atoms with van der Waals surface area (Å²) in [6.07, 6.45) is 2.68. The molecule has 1 heterocycles. The van der Waals surface area contributed by atoms with Crippen LogP contribution in [0.15, 0.2) is 0 Å². The third kappa shape index (κ3) is 6.97. The van der Waals surface area contributed by atoms with Gasteiger partial charge in [0.15, 0.2) is 0 Å². The standard InChI is InChI=1S/C14H29N3O/c1-12(11-17-7-5-6-8-17)9-15-10-13(18)16-14(2,3)4/h12,15H,5-11H2,1-4H3,(H,16,18). The predicted octanol–water partition coefficient (Wildman–Crippen LogP) is 1.22. The molecule has 1 saturated heterocycles. The lowest BCUT2D eigenvalue weighted by Gasteiger charge is -2.22. The van der Waals surface area contributed by atoms with E-state index in [0.29, 0.717) is 12.5 Å². The van der Waals surface area contributed by atoms with Crippen LogP contribution in [0.1, 0.15) is 40.5 Å². The number of carbonyl (C=O) groups is 1. The maximum absolute atomic E-state index is 11.6. The Morgan fingerprint density at radius 3 is 2.44 bits per heavy atom. The Kier molecular flexibility index (Phi) is 6.09. The average molecular weight is 255 g/mol. The van der Waals surface area contributed by atoms with Crippen LogP contribution in [0, 0.1) is 5.92 Å². The first-order valence-corrected chi connectivity index (χ1v) is 7.11. The van der Waals surface area contributed by atoms with Gasteiger partial charge in [-0.1, -0.05) is 6.92 Å². The summed E-state index contributed by atoms with van der Waals surface area (Å²) in [4.78, 5) is 14.1. The molecule has 0 saturated carbocycles. The van der Waals surface area contributed by atoms with E-state index in [9.17, 15) is 4.79 Å². The minimum Gasteiger partial charge on any atom is -0.350 e. The molecule has 0 aliphatic carbocycles. The molecule has 4 nitrogen and oxygen atoms in total. The molecule has 1 aliphatic rings. The van der Waals surface area contributed by atoms with Crippen molar-refractivity contribution in [2.45, 2.75) is 46.1 Å². The molecule has 106 valence electrons. The molecule has 0 radical (unpaired) electrons. The van der Waals surface area contributed by atoms with E-state index < -0.39 is 0 Å². The predicted molar refractivity (Wildman–Crippen MR) is 75.6 cm³/mol. The molecule has 18 heavy (non-hydrogen) atoms. The van der Waals surface area contributed by atoms with Gasteiger partial charge in [0.05, 0.1) is 6.54 Å². The first-order chi connectivity index (χ1) is 8.37. The van der Waals surface area contributed by atoms with Crippen LogP contribution in [0.5, 0.6) is 0 Å². The molecular weight excluding hydrogens is 226 g/mol. The molecule has 0 aromatic rings. The first-order valence-electron chi connectivity index (χ1n) is 7.11. The SMILES string of the molecule is CC(CNCC(=O)NC(C)(C)C)CN1CCCC1. The molecule has 4 heteroatoms. The van der Waals surface area contributed by atoms with Gasteiger partial charge in [0.2, 0.25) is 5.91 Å². The zero-order valence-electron chi connectivity index (χ0n) is 12.4. The van der Waals surface area contributed by atoms with Crippen molar-refractivity contribution in [1.82, 2.24) is 15.5 Å². The van der Waals surface area contributed by atoms with Crippen molar-refractivity contribution in [3.05, 3.63) is 0 Å². The summed E-state index contributed by atoms with van der Waals surface area (Å²) in [7, 11) is 0. The topological polar surface area (TPSA) is 44.4 Å². The van der Waals surface area contributed by atoms with Crippen LogP contribution in [-0.4, -0.2) is 49.1 Å². The van der Waals surface area contributed by atoms with Crippen molar-refractivity contribution in [1.29, 1.82) is 0 Å². The van der Waals surface area contributed by atoms with E-state index in [2.05, 4.69) is 22.5 Å². The Bertz CT molecular complexity index is 254. The van der Waals surface area contributed by atoms with Gasteiger partial charge >= 0.3 is 0 Å². The third-order valence-electron chi connectivity index (χ3n) is 3.06.